The van der Waals surface area contributed by atoms with Gasteiger partial charge >= 0.3 is 6.01 Å². The fourth-order valence-corrected chi connectivity index (χ4v) is 3.04. The molecule has 2 aromatic carbocycles. The lowest BCUT2D eigenvalue weighted by atomic mass is 10.1. The summed E-state index contributed by atoms with van der Waals surface area (Å²) in [4.78, 5) is 16.7. The van der Waals surface area contributed by atoms with Gasteiger partial charge in [-0.05, 0) is 48.6 Å². The van der Waals surface area contributed by atoms with Gasteiger partial charge in [-0.2, -0.15) is 4.98 Å². The molecule has 6 heteroatoms. The van der Waals surface area contributed by atoms with Crippen molar-refractivity contribution < 1.29 is 9.53 Å². The third-order valence-electron chi connectivity index (χ3n) is 4.51. The Balaban J connectivity index is 1.91. The number of benzene rings is 2. The van der Waals surface area contributed by atoms with Crippen molar-refractivity contribution in [2.75, 3.05) is 11.9 Å². The molecule has 3 rings (SSSR count). The molecule has 1 N–H and O–H groups in total. The first-order chi connectivity index (χ1) is 14.3. The fraction of sp³-hybridized carbons (Fsp3) is 0.375. The van der Waals surface area contributed by atoms with Crippen molar-refractivity contribution in [1.29, 1.82) is 0 Å². The Morgan fingerprint density at radius 1 is 1.03 bits per heavy atom. The van der Waals surface area contributed by atoms with Crippen molar-refractivity contribution in [3.8, 4) is 23.1 Å². The van der Waals surface area contributed by atoms with Crippen molar-refractivity contribution in [1.82, 2.24) is 14.8 Å². The van der Waals surface area contributed by atoms with E-state index in [9.17, 15) is 4.79 Å². The summed E-state index contributed by atoms with van der Waals surface area (Å²) in [5.74, 6) is 1.44. The van der Waals surface area contributed by atoms with Crippen molar-refractivity contribution in [3.63, 3.8) is 0 Å². The Morgan fingerprint density at radius 2 is 1.73 bits per heavy atom. The molecule has 0 atom stereocenters. The second kappa shape index (κ2) is 9.57. The molecular weight excluding hydrogens is 376 g/mol. The number of carbonyl (C=O) groups is 1. The van der Waals surface area contributed by atoms with Gasteiger partial charge in [-0.1, -0.05) is 52.0 Å². The van der Waals surface area contributed by atoms with Crippen LogP contribution in [-0.4, -0.2) is 27.3 Å². The van der Waals surface area contributed by atoms with E-state index < -0.39 is 0 Å². The Bertz CT molecular complexity index is 991. The molecular formula is C24H30N4O2. The zero-order chi connectivity index (χ0) is 21.7. The first-order valence-corrected chi connectivity index (χ1v) is 10.4. The maximum atomic E-state index is 12.0. The van der Waals surface area contributed by atoms with E-state index in [1.165, 1.54) is 0 Å². The van der Waals surface area contributed by atoms with Crippen LogP contribution in [-0.2, 0) is 4.79 Å². The summed E-state index contributed by atoms with van der Waals surface area (Å²) in [5, 5.41) is 7.53. The number of anilines is 1. The number of aromatic nitrogens is 3. The average Bonchev–Trinajstić information content (AvgIpc) is 3.10. The lowest BCUT2D eigenvalue weighted by Crippen LogP contribution is -2.13. The molecule has 0 saturated heterocycles. The van der Waals surface area contributed by atoms with Gasteiger partial charge in [0.15, 0.2) is 5.82 Å². The Morgan fingerprint density at radius 3 is 2.37 bits per heavy atom. The highest BCUT2D eigenvalue weighted by Gasteiger charge is 2.17. The van der Waals surface area contributed by atoms with Crippen molar-refractivity contribution in [2.45, 2.75) is 41.0 Å². The number of amides is 1. The van der Waals surface area contributed by atoms with Crippen LogP contribution >= 0.6 is 0 Å². The third-order valence-corrected chi connectivity index (χ3v) is 4.51. The summed E-state index contributed by atoms with van der Waals surface area (Å²) in [6.07, 6.45) is 0.499. The molecule has 0 radical (unpaired) electrons. The van der Waals surface area contributed by atoms with Gasteiger partial charge in [-0.25, -0.2) is 4.68 Å². The number of carbonyl (C=O) groups excluding carboxylic acids is 1. The van der Waals surface area contributed by atoms with Gasteiger partial charge in [0.05, 0.1) is 12.3 Å². The van der Waals surface area contributed by atoms with Gasteiger partial charge in [0, 0.05) is 17.7 Å². The van der Waals surface area contributed by atoms with Crippen LogP contribution in [0.25, 0.3) is 17.1 Å². The van der Waals surface area contributed by atoms with E-state index in [2.05, 4.69) is 42.2 Å². The second-order valence-electron chi connectivity index (χ2n) is 8.34. The number of hydrogen-bond acceptors (Lipinski definition) is 4. The number of hydrogen-bond donors (Lipinski definition) is 1. The number of nitrogens with zero attached hydrogens (tertiary/aromatic N) is 3. The summed E-state index contributed by atoms with van der Waals surface area (Å²) in [6.45, 7) is 10.8. The topological polar surface area (TPSA) is 69.0 Å². The quantitative estimate of drug-likeness (QED) is 0.554. The first kappa shape index (κ1) is 21.6. The molecule has 1 heterocycles. The molecule has 0 saturated carbocycles. The molecule has 6 nitrogen and oxygen atoms in total. The van der Waals surface area contributed by atoms with Crippen LogP contribution in [0.15, 0.2) is 48.5 Å². The molecule has 0 bridgehead atoms. The zero-order valence-corrected chi connectivity index (χ0v) is 18.3. The normalized spacial score (nSPS) is 11.2. The minimum Gasteiger partial charge on any atom is -0.462 e. The summed E-state index contributed by atoms with van der Waals surface area (Å²) in [6, 6.07) is 16.0. The molecule has 0 aliphatic heterocycles. The summed E-state index contributed by atoms with van der Waals surface area (Å²) >= 11 is 0. The lowest BCUT2D eigenvalue weighted by molar-refractivity contribution is -0.116. The van der Waals surface area contributed by atoms with E-state index in [1.807, 2.05) is 56.3 Å². The van der Waals surface area contributed by atoms with Crippen molar-refractivity contribution >= 4 is 11.6 Å². The summed E-state index contributed by atoms with van der Waals surface area (Å²) < 4.78 is 7.57. The largest absolute Gasteiger partial charge is 0.462 e. The van der Waals surface area contributed by atoms with Crippen LogP contribution in [0.1, 0.15) is 39.7 Å². The molecule has 1 amide bonds. The highest BCUT2D eigenvalue weighted by atomic mass is 16.5. The predicted octanol–water partition coefficient (Wildman–Crippen LogP) is 5.26. The van der Waals surface area contributed by atoms with Gasteiger partial charge in [0.25, 0.3) is 0 Å². The molecule has 1 aromatic heterocycles. The molecule has 0 aliphatic carbocycles. The van der Waals surface area contributed by atoms with Crippen molar-refractivity contribution in [2.24, 2.45) is 11.8 Å². The zero-order valence-electron chi connectivity index (χ0n) is 18.3. The number of rotatable bonds is 8. The van der Waals surface area contributed by atoms with Crippen LogP contribution in [0.2, 0.25) is 0 Å². The Kier molecular flexibility index (Phi) is 6.87. The van der Waals surface area contributed by atoms with Gasteiger partial charge in [0.2, 0.25) is 5.91 Å². The fourth-order valence-electron chi connectivity index (χ4n) is 3.04. The SMILES string of the molecule is Cc1ccccc1-c1nc(OCC(C)C)nn1-c1ccc(NC(=O)CC(C)C)cc1. The van der Waals surface area contributed by atoms with Crippen LogP contribution in [0, 0.1) is 18.8 Å². The van der Waals surface area contributed by atoms with Gasteiger partial charge < -0.3 is 10.1 Å². The maximum Gasteiger partial charge on any atom is 0.336 e. The van der Waals surface area contributed by atoms with E-state index >= 15 is 0 Å². The maximum absolute atomic E-state index is 12.0. The monoisotopic (exact) mass is 406 g/mol. The molecule has 0 spiro atoms. The molecule has 3 aromatic rings. The van der Waals surface area contributed by atoms with Crippen LogP contribution in [0.3, 0.4) is 0 Å². The van der Waals surface area contributed by atoms with E-state index in [0.717, 1.165) is 28.3 Å². The highest BCUT2D eigenvalue weighted by molar-refractivity contribution is 5.90. The highest BCUT2D eigenvalue weighted by Crippen LogP contribution is 2.27. The average molecular weight is 407 g/mol. The summed E-state index contributed by atoms with van der Waals surface area (Å²) in [7, 11) is 0. The Hall–Kier alpha value is -3.15. The molecule has 0 aliphatic rings. The predicted molar refractivity (Wildman–Crippen MR) is 120 cm³/mol. The minimum atomic E-state index is 0.0171. The Labute approximate surface area is 178 Å². The second-order valence-corrected chi connectivity index (χ2v) is 8.34. The van der Waals surface area contributed by atoms with Crippen LogP contribution < -0.4 is 10.1 Å². The van der Waals surface area contributed by atoms with E-state index in [1.54, 1.807) is 4.68 Å². The van der Waals surface area contributed by atoms with Crippen LogP contribution in [0.5, 0.6) is 6.01 Å². The van der Waals surface area contributed by atoms with Gasteiger partial charge in [0.1, 0.15) is 0 Å². The van der Waals surface area contributed by atoms with E-state index in [0.29, 0.717) is 30.9 Å². The number of ether oxygens (including phenoxy) is 1. The van der Waals surface area contributed by atoms with Gasteiger partial charge in [-0.15, -0.1) is 5.10 Å². The van der Waals surface area contributed by atoms with Crippen molar-refractivity contribution in [3.05, 3.63) is 54.1 Å². The van der Waals surface area contributed by atoms with E-state index in [-0.39, 0.29) is 5.91 Å². The number of nitrogens with one attached hydrogen (secondary N) is 1. The smallest absolute Gasteiger partial charge is 0.336 e. The first-order valence-electron chi connectivity index (χ1n) is 10.4. The number of aryl methyl sites for hydroxylation is 1. The van der Waals surface area contributed by atoms with Gasteiger partial charge in [-0.3, -0.25) is 4.79 Å². The molecule has 0 fully saturated rings. The summed E-state index contributed by atoms with van der Waals surface area (Å²) in [5.41, 5.74) is 3.72. The van der Waals surface area contributed by atoms with E-state index in [4.69, 9.17) is 4.74 Å². The third kappa shape index (κ3) is 5.47. The standard InChI is InChI=1S/C24H30N4O2/c1-16(2)14-22(29)25-19-10-12-20(13-11-19)28-23(21-9-7-6-8-18(21)5)26-24(27-28)30-15-17(3)4/h6-13,16-17H,14-15H2,1-5H3,(H,25,29). The molecule has 0 unspecified atom stereocenters. The lowest BCUT2D eigenvalue weighted by Gasteiger charge is -2.10. The molecule has 30 heavy (non-hydrogen) atoms. The molecule has 158 valence electrons. The minimum absolute atomic E-state index is 0.0171. The van der Waals surface area contributed by atoms with Crippen LogP contribution in [0.4, 0.5) is 5.69 Å².